The Morgan fingerprint density at radius 1 is 1.10 bits per heavy atom. The van der Waals surface area contributed by atoms with Crippen molar-refractivity contribution in [1.82, 2.24) is 23.9 Å². The molecule has 0 amide bonds. The zero-order valence-electron chi connectivity index (χ0n) is 23.0. The van der Waals surface area contributed by atoms with E-state index in [9.17, 15) is 15.0 Å². The van der Waals surface area contributed by atoms with Crippen LogP contribution in [-0.2, 0) is 9.16 Å². The van der Waals surface area contributed by atoms with Gasteiger partial charge >= 0.3 is 0 Å². The third-order valence-electron chi connectivity index (χ3n) is 8.09. The van der Waals surface area contributed by atoms with Crippen LogP contribution < -0.4 is 5.56 Å². The van der Waals surface area contributed by atoms with E-state index in [1.165, 1.54) is 4.40 Å². The minimum atomic E-state index is -2.47. The molecule has 1 aliphatic rings. The van der Waals surface area contributed by atoms with Crippen molar-refractivity contribution in [3.05, 3.63) is 51.6 Å². The summed E-state index contributed by atoms with van der Waals surface area (Å²) in [5, 5.41) is 21.4. The topological polar surface area (TPSA) is 127 Å². The third kappa shape index (κ3) is 4.51. The number of halogens is 1. The van der Waals surface area contributed by atoms with E-state index in [0.717, 1.165) is 11.3 Å². The minimum absolute atomic E-state index is 0.155. The van der Waals surface area contributed by atoms with E-state index >= 15 is 0 Å². The van der Waals surface area contributed by atoms with Gasteiger partial charge < -0.3 is 24.4 Å². The van der Waals surface area contributed by atoms with Crippen LogP contribution in [0.25, 0.3) is 28.2 Å². The molecule has 210 valence electrons. The Morgan fingerprint density at radius 3 is 2.33 bits per heavy atom. The highest BCUT2D eigenvalue weighted by Gasteiger charge is 2.54. The van der Waals surface area contributed by atoms with Crippen molar-refractivity contribution in [2.75, 3.05) is 6.61 Å². The van der Waals surface area contributed by atoms with Gasteiger partial charge in [-0.1, -0.05) is 71.9 Å². The number of H-pyrrole nitrogens is 1. The number of rotatable bonds is 8. The highest BCUT2D eigenvalue weighted by atomic mass is 79.9. The van der Waals surface area contributed by atoms with Crippen molar-refractivity contribution < 1.29 is 19.4 Å². The first-order chi connectivity index (χ1) is 18.5. The summed E-state index contributed by atoms with van der Waals surface area (Å²) in [5.74, 6) is 0.352. The van der Waals surface area contributed by atoms with E-state index in [0.29, 0.717) is 16.2 Å². The number of ether oxygens (including phenoxy) is 1. The monoisotopic (exact) mass is 617 g/mol. The number of aromatic amines is 1. The number of hydrogen-bond donors (Lipinski definition) is 3. The van der Waals surface area contributed by atoms with E-state index in [2.05, 4.69) is 67.4 Å². The van der Waals surface area contributed by atoms with E-state index < -0.39 is 32.9 Å². The molecule has 4 aromatic rings. The van der Waals surface area contributed by atoms with Crippen LogP contribution in [0.1, 0.15) is 47.8 Å². The number of nitrogens with one attached hydrogen (secondary N) is 1. The Kier molecular flexibility index (Phi) is 7.63. The molecule has 5 rings (SSSR count). The van der Waals surface area contributed by atoms with Crippen LogP contribution in [0, 0.1) is 0 Å². The average Bonchev–Trinajstić information content (AvgIpc) is 3.56. The van der Waals surface area contributed by atoms with Crippen molar-refractivity contribution in [2.24, 2.45) is 0 Å². The lowest BCUT2D eigenvalue weighted by Gasteiger charge is -2.45. The molecule has 1 aromatic carbocycles. The lowest BCUT2D eigenvalue weighted by molar-refractivity contribution is -0.0509. The van der Waals surface area contributed by atoms with E-state index in [4.69, 9.17) is 14.1 Å². The van der Waals surface area contributed by atoms with Gasteiger partial charge in [0.05, 0.1) is 12.3 Å². The van der Waals surface area contributed by atoms with Gasteiger partial charge in [-0.3, -0.25) is 9.36 Å². The Bertz CT molecular complexity index is 1510. The molecule has 1 saturated heterocycles. The molecule has 39 heavy (non-hydrogen) atoms. The SMILES string of the molecule is CC(C)[Si](O[C@@H]1[C@H](O)[C@@H](CO)O[C@H]1n1c(Br)nc2c(=O)n3cc(-c4ccccc4)[nH]c3nc21)(C(C)C)C(C)C. The molecule has 3 aromatic heterocycles. The summed E-state index contributed by atoms with van der Waals surface area (Å²) in [5.41, 5.74) is 2.57. The maximum absolute atomic E-state index is 13.5. The van der Waals surface area contributed by atoms with Gasteiger partial charge in [-0.15, -0.1) is 0 Å². The maximum atomic E-state index is 13.5. The quantitative estimate of drug-likeness (QED) is 0.194. The molecule has 4 atom stereocenters. The van der Waals surface area contributed by atoms with Crippen molar-refractivity contribution in [3.63, 3.8) is 0 Å². The number of aliphatic hydroxyl groups is 2. The number of aromatic nitrogens is 5. The molecular weight excluding hydrogens is 582 g/mol. The lowest BCUT2D eigenvalue weighted by atomic mass is 10.1. The zero-order chi connectivity index (χ0) is 28.2. The Hall–Kier alpha value is -2.35. The molecular formula is C27H36BrN5O5Si. The largest absolute Gasteiger partial charge is 0.406 e. The summed E-state index contributed by atoms with van der Waals surface area (Å²) in [6.07, 6.45) is -1.88. The Balaban J connectivity index is 1.66. The van der Waals surface area contributed by atoms with Crippen molar-refractivity contribution >= 4 is 41.2 Å². The average molecular weight is 619 g/mol. The summed E-state index contributed by atoms with van der Waals surface area (Å²) in [4.78, 5) is 26.0. The second kappa shape index (κ2) is 10.6. The predicted octanol–water partition coefficient (Wildman–Crippen LogP) is 4.61. The van der Waals surface area contributed by atoms with Gasteiger partial charge in [-0.05, 0) is 38.1 Å². The first-order valence-electron chi connectivity index (χ1n) is 13.4. The normalized spacial score (nSPS) is 22.4. The van der Waals surface area contributed by atoms with Crippen LogP contribution >= 0.6 is 15.9 Å². The number of nitrogens with zero attached hydrogens (tertiary/aromatic N) is 4. The fourth-order valence-electron chi connectivity index (χ4n) is 6.34. The summed E-state index contributed by atoms with van der Waals surface area (Å²) in [6, 6.07) is 9.68. The first-order valence-corrected chi connectivity index (χ1v) is 16.3. The Morgan fingerprint density at radius 2 is 1.74 bits per heavy atom. The predicted molar refractivity (Wildman–Crippen MR) is 155 cm³/mol. The number of benzene rings is 1. The summed E-state index contributed by atoms with van der Waals surface area (Å²) >= 11 is 3.51. The highest BCUT2D eigenvalue weighted by Crippen LogP contribution is 2.47. The van der Waals surface area contributed by atoms with Gasteiger partial charge in [0.2, 0.25) is 14.1 Å². The molecule has 3 N–H and O–H groups in total. The van der Waals surface area contributed by atoms with Gasteiger partial charge in [0.1, 0.15) is 18.3 Å². The number of aliphatic hydroxyl groups excluding tert-OH is 2. The van der Waals surface area contributed by atoms with Crippen molar-refractivity contribution in [1.29, 1.82) is 0 Å². The zero-order valence-corrected chi connectivity index (χ0v) is 25.6. The molecule has 4 heterocycles. The van der Waals surface area contributed by atoms with Crippen LogP contribution in [0.5, 0.6) is 0 Å². The second-order valence-electron chi connectivity index (χ2n) is 11.2. The first kappa shape index (κ1) is 28.2. The number of imidazole rings is 2. The molecule has 0 aliphatic carbocycles. The van der Waals surface area contributed by atoms with Crippen LogP contribution in [0.4, 0.5) is 0 Å². The van der Waals surface area contributed by atoms with Gasteiger partial charge in [0.15, 0.2) is 22.1 Å². The highest BCUT2D eigenvalue weighted by molar-refractivity contribution is 9.10. The molecule has 0 unspecified atom stereocenters. The van der Waals surface area contributed by atoms with Gasteiger partial charge in [0.25, 0.3) is 5.56 Å². The molecule has 1 aliphatic heterocycles. The molecule has 0 radical (unpaired) electrons. The minimum Gasteiger partial charge on any atom is -0.406 e. The summed E-state index contributed by atoms with van der Waals surface area (Å²) in [7, 11) is -2.47. The molecule has 10 nitrogen and oxygen atoms in total. The summed E-state index contributed by atoms with van der Waals surface area (Å²) < 4.78 is 16.6. The fraction of sp³-hybridized carbons (Fsp3) is 0.519. The fourth-order valence-corrected chi connectivity index (χ4v) is 12.4. The van der Waals surface area contributed by atoms with Gasteiger partial charge in [0, 0.05) is 6.20 Å². The number of hydrogen-bond acceptors (Lipinski definition) is 7. The van der Waals surface area contributed by atoms with Gasteiger partial charge in [-0.25, -0.2) is 9.38 Å². The molecule has 0 spiro atoms. The van der Waals surface area contributed by atoms with Gasteiger partial charge in [-0.2, -0.15) is 4.98 Å². The smallest absolute Gasteiger partial charge is 0.287 e. The lowest BCUT2D eigenvalue weighted by Crippen LogP contribution is -2.53. The molecule has 12 heteroatoms. The van der Waals surface area contributed by atoms with Crippen molar-refractivity contribution in [3.8, 4) is 11.3 Å². The Labute approximate surface area is 236 Å². The molecule has 1 fully saturated rings. The third-order valence-corrected chi connectivity index (χ3v) is 14.7. The van der Waals surface area contributed by atoms with Crippen molar-refractivity contribution in [2.45, 2.75) is 82.7 Å². The van der Waals surface area contributed by atoms with Crippen LogP contribution in [0.15, 0.2) is 46.1 Å². The molecule has 0 saturated carbocycles. The standard InChI is InChI=1S/C27H36BrN5O5Si/c1-14(2)39(15(3)4,16(5)6)38-22-21(35)19(13-34)37-25(22)33-23-20(30-26(33)28)24(36)32-12-18(29-27(32)31-23)17-10-8-7-9-11-17/h7-12,14-16,19,21-22,25,34-35H,13H2,1-6H3,(H,29,31)/t19-,21-,22-,25-/m1/s1. The van der Waals surface area contributed by atoms with Crippen LogP contribution in [0.3, 0.4) is 0 Å². The summed E-state index contributed by atoms with van der Waals surface area (Å²) in [6.45, 7) is 12.6. The van der Waals surface area contributed by atoms with E-state index in [1.807, 2.05) is 30.3 Å². The molecule has 0 bridgehead atoms. The van der Waals surface area contributed by atoms with E-state index in [1.54, 1.807) is 10.8 Å². The number of fused-ring (bicyclic) bond motifs is 2. The maximum Gasteiger partial charge on any atom is 0.287 e. The van der Waals surface area contributed by atoms with Crippen LogP contribution in [0.2, 0.25) is 16.6 Å². The van der Waals surface area contributed by atoms with E-state index in [-0.39, 0.29) is 34.3 Å². The van der Waals surface area contributed by atoms with Crippen LogP contribution in [-0.4, -0.2) is 67.4 Å². The second-order valence-corrected chi connectivity index (χ2v) is 17.3.